The summed E-state index contributed by atoms with van der Waals surface area (Å²) in [5, 5.41) is 0. The zero-order valence-corrected chi connectivity index (χ0v) is 9.40. The summed E-state index contributed by atoms with van der Waals surface area (Å²) in [4.78, 5) is 0. The number of hydrogen-bond donors (Lipinski definition) is 0. The average molecular weight is 188 g/mol. The fraction of sp³-hybridized carbons (Fsp3) is 0.571. The maximum absolute atomic E-state index is 3.08. The van der Waals surface area contributed by atoms with Gasteiger partial charge < -0.3 is 0 Å². The van der Waals surface area contributed by atoms with Crippen molar-refractivity contribution >= 4 is 0 Å². The van der Waals surface area contributed by atoms with Crippen molar-refractivity contribution in [1.82, 2.24) is 0 Å². The number of allylic oxidation sites excluding steroid dienone is 2. The highest BCUT2D eigenvalue weighted by molar-refractivity contribution is 5.24. The van der Waals surface area contributed by atoms with Crippen LogP contribution in [0.4, 0.5) is 0 Å². The molecule has 0 saturated heterocycles. The van der Waals surface area contributed by atoms with E-state index in [1.807, 2.05) is 12.2 Å². The zero-order chi connectivity index (χ0) is 10.5. The SMILES string of the molecule is CCCCC#C/C=C\C#CCCCC. The fourth-order valence-electron chi connectivity index (χ4n) is 0.876. The van der Waals surface area contributed by atoms with Crippen LogP contribution in [0.3, 0.4) is 0 Å². The first-order valence-electron chi connectivity index (χ1n) is 5.53. The van der Waals surface area contributed by atoms with Crippen molar-refractivity contribution in [2.45, 2.75) is 52.4 Å². The standard InChI is InChI=1S/C14H20/c1-3-5-7-9-11-13-14-12-10-8-6-4-2/h13-14H,3-8H2,1-2H3/b14-13-. The molecule has 0 aromatic rings. The maximum atomic E-state index is 3.08. The van der Waals surface area contributed by atoms with Gasteiger partial charge in [0.1, 0.15) is 0 Å². The van der Waals surface area contributed by atoms with Gasteiger partial charge >= 0.3 is 0 Å². The van der Waals surface area contributed by atoms with Gasteiger partial charge in [-0.1, -0.05) is 50.4 Å². The van der Waals surface area contributed by atoms with E-state index in [1.54, 1.807) is 0 Å². The van der Waals surface area contributed by atoms with Gasteiger partial charge in [-0.25, -0.2) is 0 Å². The Labute approximate surface area is 88.8 Å². The average Bonchev–Trinajstić information content (AvgIpc) is 2.21. The van der Waals surface area contributed by atoms with Crippen molar-refractivity contribution in [3.05, 3.63) is 12.2 Å². The van der Waals surface area contributed by atoms with E-state index in [0.717, 1.165) is 12.8 Å². The minimum atomic E-state index is 1.00. The molecule has 0 aromatic heterocycles. The van der Waals surface area contributed by atoms with E-state index in [1.165, 1.54) is 25.7 Å². The monoisotopic (exact) mass is 188 g/mol. The first-order valence-corrected chi connectivity index (χ1v) is 5.53. The third-order valence-corrected chi connectivity index (χ3v) is 1.76. The Morgan fingerprint density at radius 1 is 0.786 bits per heavy atom. The van der Waals surface area contributed by atoms with Crippen molar-refractivity contribution < 1.29 is 0 Å². The second-order valence-corrected chi connectivity index (χ2v) is 3.18. The van der Waals surface area contributed by atoms with Crippen LogP contribution in [0.15, 0.2) is 12.2 Å². The summed E-state index contributed by atoms with van der Waals surface area (Å²) >= 11 is 0. The summed E-state index contributed by atoms with van der Waals surface area (Å²) < 4.78 is 0. The van der Waals surface area contributed by atoms with E-state index in [4.69, 9.17) is 0 Å². The summed E-state index contributed by atoms with van der Waals surface area (Å²) in [6, 6.07) is 0. The van der Waals surface area contributed by atoms with Gasteiger partial charge in [-0.15, -0.1) is 0 Å². The Kier molecular flexibility index (Phi) is 10.9. The molecular weight excluding hydrogens is 168 g/mol. The largest absolute Gasteiger partial charge is 0.0985 e. The fourth-order valence-corrected chi connectivity index (χ4v) is 0.876. The smallest absolute Gasteiger partial charge is 0.00921 e. The lowest BCUT2D eigenvalue weighted by Gasteiger charge is -1.82. The summed E-state index contributed by atoms with van der Waals surface area (Å²) in [6.45, 7) is 4.35. The molecule has 0 atom stereocenters. The molecule has 0 unspecified atom stereocenters. The first kappa shape index (κ1) is 12.9. The molecule has 0 heterocycles. The van der Waals surface area contributed by atoms with Crippen LogP contribution in [0, 0.1) is 23.7 Å². The van der Waals surface area contributed by atoms with Crippen molar-refractivity contribution in [2.24, 2.45) is 0 Å². The molecular formula is C14H20. The van der Waals surface area contributed by atoms with E-state index in [-0.39, 0.29) is 0 Å². The maximum Gasteiger partial charge on any atom is 0.00921 e. The molecule has 0 radical (unpaired) electrons. The summed E-state index contributed by atoms with van der Waals surface area (Å²) in [5.41, 5.74) is 0. The molecule has 0 nitrogen and oxygen atoms in total. The molecule has 0 aliphatic carbocycles. The lowest BCUT2D eigenvalue weighted by molar-refractivity contribution is 0.828. The van der Waals surface area contributed by atoms with Crippen LogP contribution in [-0.2, 0) is 0 Å². The molecule has 0 fully saturated rings. The van der Waals surface area contributed by atoms with Gasteiger partial charge in [-0.3, -0.25) is 0 Å². The van der Waals surface area contributed by atoms with Crippen molar-refractivity contribution in [3.63, 3.8) is 0 Å². The Morgan fingerprint density at radius 3 is 1.57 bits per heavy atom. The molecule has 0 rings (SSSR count). The molecule has 0 aliphatic rings. The Balaban J connectivity index is 3.48. The lowest BCUT2D eigenvalue weighted by atomic mass is 10.2. The third kappa shape index (κ3) is 10.9. The molecule has 0 heteroatoms. The molecule has 0 N–H and O–H groups in total. The van der Waals surface area contributed by atoms with E-state index in [0.29, 0.717) is 0 Å². The topological polar surface area (TPSA) is 0 Å². The predicted molar refractivity (Wildman–Crippen MR) is 63.7 cm³/mol. The van der Waals surface area contributed by atoms with Crippen LogP contribution in [0.25, 0.3) is 0 Å². The van der Waals surface area contributed by atoms with Crippen molar-refractivity contribution in [1.29, 1.82) is 0 Å². The normalized spacial score (nSPS) is 9.00. The number of hydrogen-bond acceptors (Lipinski definition) is 0. The molecule has 0 aromatic carbocycles. The van der Waals surface area contributed by atoms with Gasteiger partial charge in [0.05, 0.1) is 0 Å². The molecule has 0 spiro atoms. The van der Waals surface area contributed by atoms with Crippen LogP contribution in [-0.4, -0.2) is 0 Å². The second-order valence-electron chi connectivity index (χ2n) is 3.18. The van der Waals surface area contributed by atoms with Gasteiger partial charge in [0.15, 0.2) is 0 Å². The summed E-state index contributed by atoms with van der Waals surface area (Å²) in [7, 11) is 0. The first-order chi connectivity index (χ1) is 6.91. The van der Waals surface area contributed by atoms with Gasteiger partial charge in [0.25, 0.3) is 0 Å². The number of unbranched alkanes of at least 4 members (excludes halogenated alkanes) is 4. The van der Waals surface area contributed by atoms with Crippen molar-refractivity contribution in [2.75, 3.05) is 0 Å². The third-order valence-electron chi connectivity index (χ3n) is 1.76. The van der Waals surface area contributed by atoms with E-state index >= 15 is 0 Å². The van der Waals surface area contributed by atoms with Gasteiger partial charge in [-0.05, 0) is 25.0 Å². The lowest BCUT2D eigenvalue weighted by Crippen LogP contribution is -1.66. The van der Waals surface area contributed by atoms with Crippen LogP contribution in [0.5, 0.6) is 0 Å². The Bertz CT molecular complexity index is 221. The summed E-state index contributed by atoms with van der Waals surface area (Å²) in [5.74, 6) is 12.1. The van der Waals surface area contributed by atoms with E-state index in [2.05, 4.69) is 37.5 Å². The molecule has 0 bridgehead atoms. The van der Waals surface area contributed by atoms with Crippen molar-refractivity contribution in [3.8, 4) is 23.7 Å². The molecule has 0 aliphatic heterocycles. The quantitative estimate of drug-likeness (QED) is 0.463. The molecule has 0 amide bonds. The second kappa shape index (κ2) is 11.9. The van der Waals surface area contributed by atoms with Crippen LogP contribution >= 0.6 is 0 Å². The highest BCUT2D eigenvalue weighted by atomic mass is 13.8. The van der Waals surface area contributed by atoms with E-state index in [9.17, 15) is 0 Å². The molecule has 76 valence electrons. The summed E-state index contributed by atoms with van der Waals surface area (Å²) in [6.07, 6.45) is 10.5. The van der Waals surface area contributed by atoms with Gasteiger partial charge in [-0.2, -0.15) is 0 Å². The predicted octanol–water partition coefficient (Wildman–Crippen LogP) is 3.93. The highest BCUT2D eigenvalue weighted by Crippen LogP contribution is 1.91. The van der Waals surface area contributed by atoms with Crippen LogP contribution in [0.1, 0.15) is 52.4 Å². The van der Waals surface area contributed by atoms with Gasteiger partial charge in [0, 0.05) is 12.8 Å². The molecule has 0 saturated carbocycles. The highest BCUT2D eigenvalue weighted by Gasteiger charge is 1.75. The molecule has 14 heavy (non-hydrogen) atoms. The van der Waals surface area contributed by atoms with E-state index < -0.39 is 0 Å². The zero-order valence-electron chi connectivity index (χ0n) is 9.40. The Morgan fingerprint density at radius 2 is 1.21 bits per heavy atom. The van der Waals surface area contributed by atoms with Gasteiger partial charge in [0.2, 0.25) is 0 Å². The van der Waals surface area contributed by atoms with Crippen LogP contribution in [0.2, 0.25) is 0 Å². The Hall–Kier alpha value is -1.14. The minimum absolute atomic E-state index is 1.00. The minimum Gasteiger partial charge on any atom is -0.0985 e. The van der Waals surface area contributed by atoms with Crippen LogP contribution < -0.4 is 0 Å². The number of rotatable bonds is 4.